The molecule has 0 aromatic heterocycles. The highest BCUT2D eigenvalue weighted by molar-refractivity contribution is 5.74. The van der Waals surface area contributed by atoms with Crippen LogP contribution in [0.2, 0.25) is 0 Å². The van der Waals surface area contributed by atoms with Crippen molar-refractivity contribution in [1.82, 2.24) is 0 Å². The lowest BCUT2D eigenvalue weighted by Gasteiger charge is -2.36. The minimum Gasteiger partial charge on any atom is -0.463 e. The van der Waals surface area contributed by atoms with Crippen molar-refractivity contribution in [2.75, 3.05) is 0 Å². The fourth-order valence-electron chi connectivity index (χ4n) is 5.65. The van der Waals surface area contributed by atoms with Gasteiger partial charge in [0.25, 0.3) is 0 Å². The molecule has 0 bridgehead atoms. The third-order valence-electron chi connectivity index (χ3n) is 8.13. The van der Waals surface area contributed by atoms with E-state index in [4.69, 9.17) is 28.4 Å². The second-order valence-corrected chi connectivity index (χ2v) is 12.5. The van der Waals surface area contributed by atoms with E-state index in [1.165, 1.54) is 41.5 Å². The van der Waals surface area contributed by atoms with Gasteiger partial charge in [0.1, 0.15) is 36.6 Å². The van der Waals surface area contributed by atoms with Gasteiger partial charge in [0, 0.05) is 65.2 Å². The van der Waals surface area contributed by atoms with Crippen molar-refractivity contribution in [3.8, 4) is 0 Å². The topological polar surface area (TPSA) is 198 Å². The zero-order chi connectivity index (χ0) is 35.5. The van der Waals surface area contributed by atoms with E-state index in [2.05, 4.69) is 0 Å². The summed E-state index contributed by atoms with van der Waals surface area (Å²) in [6, 6.07) is 0. The van der Waals surface area contributed by atoms with Gasteiger partial charge >= 0.3 is 35.8 Å². The molecule has 1 aliphatic heterocycles. The predicted molar refractivity (Wildman–Crippen MR) is 160 cm³/mol. The minimum absolute atomic E-state index is 0.000134. The third-order valence-corrected chi connectivity index (χ3v) is 8.13. The van der Waals surface area contributed by atoms with Crippen LogP contribution in [0.15, 0.2) is 0 Å². The van der Waals surface area contributed by atoms with E-state index in [-0.39, 0.29) is 25.7 Å². The van der Waals surface area contributed by atoms with Gasteiger partial charge in [-0.25, -0.2) is 0 Å². The van der Waals surface area contributed by atoms with Crippen LogP contribution in [0.25, 0.3) is 0 Å². The Morgan fingerprint density at radius 1 is 0.652 bits per heavy atom. The molecule has 14 heteroatoms. The van der Waals surface area contributed by atoms with Gasteiger partial charge in [-0.2, -0.15) is 0 Å². The van der Waals surface area contributed by atoms with Gasteiger partial charge in [0.05, 0.1) is 24.0 Å². The maximum Gasteiger partial charge on any atom is 0.311 e. The zero-order valence-corrected chi connectivity index (χ0v) is 28.6. The summed E-state index contributed by atoms with van der Waals surface area (Å²) in [5.74, 6) is -8.16. The van der Waals surface area contributed by atoms with Crippen LogP contribution in [0.3, 0.4) is 0 Å². The standard InChI is InChI=1S/C32H52O14/c1-15(41-21(7)33)11-25-13-27(43-23(9)35)17(3)29(37)20(6)32(40)46-26(12-16(2)42-22(8)34)14-28(44-24(10)36)18(4)30(38)19(5)31(39)45-25/h15-20,25-30,37-38H,11-14H2,1-10H3/t15-,16-,17+,18+,19+,20+,25+,26?,27?,28+,29+,30+/m1/s1. The Hall–Kier alpha value is -3.26. The Bertz CT molecular complexity index is 977. The second kappa shape index (κ2) is 18.8. The fraction of sp³-hybridized carbons (Fsp3) is 0.812. The Balaban J connectivity index is 3.66. The van der Waals surface area contributed by atoms with Crippen molar-refractivity contribution in [1.29, 1.82) is 0 Å². The Morgan fingerprint density at radius 2 is 0.957 bits per heavy atom. The number of ether oxygens (including phenoxy) is 6. The monoisotopic (exact) mass is 660 g/mol. The highest BCUT2D eigenvalue weighted by atomic mass is 16.6. The average Bonchev–Trinajstić information content (AvgIpc) is 2.91. The summed E-state index contributed by atoms with van der Waals surface area (Å²) in [7, 11) is 0. The molecule has 0 saturated carbocycles. The van der Waals surface area contributed by atoms with Crippen LogP contribution in [-0.2, 0) is 57.2 Å². The molecule has 0 spiro atoms. The minimum atomic E-state index is -1.40. The molecule has 0 radical (unpaired) electrons. The van der Waals surface area contributed by atoms with E-state index in [1.807, 2.05) is 0 Å². The molecular weight excluding hydrogens is 608 g/mol. The van der Waals surface area contributed by atoms with Crippen LogP contribution in [0.4, 0.5) is 0 Å². The molecule has 0 aromatic carbocycles. The number of carbonyl (C=O) groups excluding carboxylic acids is 6. The van der Waals surface area contributed by atoms with Crippen molar-refractivity contribution < 1.29 is 67.4 Å². The van der Waals surface area contributed by atoms with Crippen LogP contribution in [0.1, 0.15) is 94.9 Å². The van der Waals surface area contributed by atoms with Gasteiger partial charge in [-0.15, -0.1) is 0 Å². The van der Waals surface area contributed by atoms with E-state index in [0.717, 1.165) is 0 Å². The lowest BCUT2D eigenvalue weighted by Crippen LogP contribution is -2.45. The van der Waals surface area contributed by atoms with E-state index in [9.17, 15) is 39.0 Å². The van der Waals surface area contributed by atoms with E-state index in [1.54, 1.807) is 27.7 Å². The highest BCUT2D eigenvalue weighted by Crippen LogP contribution is 2.30. The molecule has 0 aliphatic carbocycles. The molecule has 0 aromatic rings. The van der Waals surface area contributed by atoms with Gasteiger partial charge in [-0.1, -0.05) is 13.8 Å². The second-order valence-electron chi connectivity index (χ2n) is 12.5. The molecule has 2 unspecified atom stereocenters. The number of rotatable bonds is 8. The summed E-state index contributed by atoms with van der Waals surface area (Å²) in [6.45, 7) is 14.0. The normalized spacial score (nSPS) is 33.0. The lowest BCUT2D eigenvalue weighted by molar-refractivity contribution is -0.173. The molecular formula is C32H52O14. The molecule has 12 atom stereocenters. The van der Waals surface area contributed by atoms with Crippen molar-refractivity contribution in [2.45, 2.75) is 144 Å². The van der Waals surface area contributed by atoms with Crippen molar-refractivity contribution in [2.24, 2.45) is 23.7 Å². The van der Waals surface area contributed by atoms with Crippen LogP contribution >= 0.6 is 0 Å². The fourth-order valence-corrected chi connectivity index (χ4v) is 5.65. The number of aliphatic hydroxyl groups excluding tert-OH is 2. The summed E-state index contributed by atoms with van der Waals surface area (Å²) >= 11 is 0. The van der Waals surface area contributed by atoms with Crippen LogP contribution in [0.5, 0.6) is 0 Å². The SMILES string of the molecule is CC(=O)OC1C[C@H](C[C@@H](C)OC(C)=O)OC(=O)[C@@H](C)[C@@H](O)[C@@H](C)[C@@H](OC(C)=O)CC(C[C@@H](C)OC(C)=O)OC(=O)[C@@H](C)[C@@H](O)[C@H]1C. The Labute approximate surface area is 270 Å². The Morgan fingerprint density at radius 3 is 1.22 bits per heavy atom. The van der Waals surface area contributed by atoms with E-state index < -0.39 is 108 Å². The largest absolute Gasteiger partial charge is 0.463 e. The first-order chi connectivity index (χ1) is 21.2. The van der Waals surface area contributed by atoms with E-state index >= 15 is 0 Å². The number of esters is 6. The molecule has 0 amide bonds. The molecule has 1 aliphatic rings. The molecule has 1 fully saturated rings. The van der Waals surface area contributed by atoms with Gasteiger partial charge in [-0.05, 0) is 27.7 Å². The molecule has 264 valence electrons. The summed E-state index contributed by atoms with van der Waals surface area (Å²) in [5, 5.41) is 22.6. The number of aliphatic hydroxyl groups is 2. The zero-order valence-electron chi connectivity index (χ0n) is 28.6. The number of hydrogen-bond donors (Lipinski definition) is 2. The van der Waals surface area contributed by atoms with Gasteiger partial charge < -0.3 is 38.6 Å². The maximum absolute atomic E-state index is 13.4. The molecule has 1 heterocycles. The summed E-state index contributed by atoms with van der Waals surface area (Å²) in [6.07, 6.45) is -8.60. The van der Waals surface area contributed by atoms with Crippen LogP contribution < -0.4 is 0 Å². The number of carbonyl (C=O) groups is 6. The molecule has 1 rings (SSSR count). The van der Waals surface area contributed by atoms with Crippen LogP contribution in [0, 0.1) is 23.7 Å². The quantitative estimate of drug-likeness (QED) is 0.284. The molecule has 1 saturated heterocycles. The number of cyclic esters (lactones) is 2. The smallest absolute Gasteiger partial charge is 0.311 e. The first-order valence-electron chi connectivity index (χ1n) is 15.7. The van der Waals surface area contributed by atoms with Gasteiger partial charge in [0.2, 0.25) is 0 Å². The Kier molecular flexibility index (Phi) is 16.6. The molecule has 14 nitrogen and oxygen atoms in total. The van der Waals surface area contributed by atoms with Gasteiger partial charge in [0.15, 0.2) is 0 Å². The maximum atomic E-state index is 13.4. The number of hydrogen-bond acceptors (Lipinski definition) is 14. The van der Waals surface area contributed by atoms with Crippen LogP contribution in [-0.4, -0.2) is 94.9 Å². The third kappa shape index (κ3) is 13.6. The predicted octanol–water partition coefficient (Wildman–Crippen LogP) is 2.42. The first-order valence-corrected chi connectivity index (χ1v) is 15.7. The van der Waals surface area contributed by atoms with Crippen molar-refractivity contribution >= 4 is 35.8 Å². The summed E-state index contributed by atoms with van der Waals surface area (Å²) in [4.78, 5) is 74.2. The summed E-state index contributed by atoms with van der Waals surface area (Å²) < 4.78 is 33.1. The lowest BCUT2D eigenvalue weighted by atomic mass is 9.85. The van der Waals surface area contributed by atoms with Crippen molar-refractivity contribution in [3.63, 3.8) is 0 Å². The highest BCUT2D eigenvalue weighted by Gasteiger charge is 2.41. The average molecular weight is 661 g/mol. The van der Waals surface area contributed by atoms with E-state index in [0.29, 0.717) is 0 Å². The first kappa shape index (κ1) is 40.8. The van der Waals surface area contributed by atoms with Crippen molar-refractivity contribution in [3.05, 3.63) is 0 Å². The molecule has 46 heavy (non-hydrogen) atoms. The van der Waals surface area contributed by atoms with Gasteiger partial charge in [-0.3, -0.25) is 28.8 Å². The molecule has 2 N–H and O–H groups in total. The summed E-state index contributed by atoms with van der Waals surface area (Å²) in [5.41, 5.74) is 0.